The zero-order valence-corrected chi connectivity index (χ0v) is 11.7. The Morgan fingerprint density at radius 1 is 1.05 bits per heavy atom. The molecule has 1 atom stereocenters. The summed E-state index contributed by atoms with van der Waals surface area (Å²) < 4.78 is 9.33. The molecule has 0 saturated carbocycles. The average molecular weight is 274 g/mol. The van der Waals surface area contributed by atoms with E-state index in [1.807, 2.05) is 6.92 Å². The minimum atomic E-state index is -2.43. The van der Waals surface area contributed by atoms with Crippen LogP contribution in [0.5, 0.6) is 0 Å². The molecule has 110 valence electrons. The van der Waals surface area contributed by atoms with Crippen molar-refractivity contribution in [2.24, 2.45) is 0 Å². The summed E-state index contributed by atoms with van der Waals surface area (Å²) in [6, 6.07) is 0. The van der Waals surface area contributed by atoms with Crippen LogP contribution in [0.3, 0.4) is 0 Å². The Labute approximate surface area is 113 Å². The summed E-state index contributed by atoms with van der Waals surface area (Å²) in [5.41, 5.74) is -2.43. The summed E-state index contributed by atoms with van der Waals surface area (Å²) in [6.07, 6.45) is 0.584. The van der Waals surface area contributed by atoms with Crippen LogP contribution in [-0.2, 0) is 23.9 Å². The molecule has 1 unspecified atom stereocenters. The third-order valence-electron chi connectivity index (χ3n) is 2.54. The van der Waals surface area contributed by atoms with Crippen molar-refractivity contribution < 1.29 is 29.0 Å². The Balaban J connectivity index is 4.94. The number of ketones is 1. The molecule has 6 heteroatoms. The molecule has 0 aliphatic carbocycles. The number of carbonyl (C=O) groups is 3. The molecule has 0 aromatic rings. The van der Waals surface area contributed by atoms with Crippen LogP contribution in [0.15, 0.2) is 0 Å². The molecule has 0 heterocycles. The largest absolute Gasteiger partial charge is 0.466 e. The Kier molecular flexibility index (Phi) is 7.98. The fraction of sp³-hybridized carbons (Fsp3) is 0.769. The fourth-order valence-electron chi connectivity index (χ4n) is 1.50. The minimum Gasteiger partial charge on any atom is -0.466 e. The molecule has 0 fully saturated rings. The Hall–Kier alpha value is -1.43. The van der Waals surface area contributed by atoms with Crippen molar-refractivity contribution in [3.05, 3.63) is 0 Å². The molecule has 0 radical (unpaired) electrons. The first-order chi connectivity index (χ1) is 8.92. The number of aliphatic hydroxyl groups is 1. The zero-order chi connectivity index (χ0) is 14.9. The molecule has 0 aromatic carbocycles. The summed E-state index contributed by atoms with van der Waals surface area (Å²) in [5, 5.41) is 10.2. The number of esters is 2. The number of Topliss-reactive ketones (excluding diaryl/α,β-unsaturated/α-hetero) is 1. The third-order valence-corrected chi connectivity index (χ3v) is 2.54. The lowest BCUT2D eigenvalue weighted by Crippen LogP contribution is -2.49. The van der Waals surface area contributed by atoms with Gasteiger partial charge in [-0.3, -0.25) is 9.59 Å². The van der Waals surface area contributed by atoms with Gasteiger partial charge in [0.1, 0.15) is 0 Å². The topological polar surface area (TPSA) is 89.9 Å². The van der Waals surface area contributed by atoms with Crippen LogP contribution in [0.25, 0.3) is 0 Å². The molecule has 0 rings (SSSR count). The molecule has 19 heavy (non-hydrogen) atoms. The van der Waals surface area contributed by atoms with E-state index in [2.05, 4.69) is 9.47 Å². The number of hydrogen-bond donors (Lipinski definition) is 1. The van der Waals surface area contributed by atoms with Gasteiger partial charge in [-0.1, -0.05) is 13.3 Å². The quantitative estimate of drug-likeness (QED) is 0.498. The Morgan fingerprint density at radius 3 is 2.11 bits per heavy atom. The predicted molar refractivity (Wildman–Crippen MR) is 67.4 cm³/mol. The highest BCUT2D eigenvalue weighted by molar-refractivity contribution is 6.09. The van der Waals surface area contributed by atoms with Gasteiger partial charge in [-0.2, -0.15) is 0 Å². The van der Waals surface area contributed by atoms with E-state index in [0.29, 0.717) is 6.42 Å². The van der Waals surface area contributed by atoms with Crippen LogP contribution >= 0.6 is 0 Å². The molecule has 0 aliphatic rings. The molecule has 0 amide bonds. The monoisotopic (exact) mass is 274 g/mol. The van der Waals surface area contributed by atoms with E-state index in [4.69, 9.17) is 0 Å². The molecular weight excluding hydrogens is 252 g/mol. The summed E-state index contributed by atoms with van der Waals surface area (Å²) in [4.78, 5) is 35.0. The first-order valence-electron chi connectivity index (χ1n) is 6.50. The van der Waals surface area contributed by atoms with Crippen LogP contribution in [-0.4, -0.2) is 41.6 Å². The Morgan fingerprint density at radius 2 is 1.63 bits per heavy atom. The maximum absolute atomic E-state index is 11.9. The molecule has 6 nitrogen and oxygen atoms in total. The van der Waals surface area contributed by atoms with Gasteiger partial charge in [0, 0.05) is 6.42 Å². The van der Waals surface area contributed by atoms with E-state index in [1.165, 1.54) is 0 Å². The van der Waals surface area contributed by atoms with Crippen LogP contribution in [0.2, 0.25) is 0 Å². The van der Waals surface area contributed by atoms with Gasteiger partial charge in [-0.15, -0.1) is 0 Å². The summed E-state index contributed by atoms with van der Waals surface area (Å²) in [7, 11) is 0. The van der Waals surface area contributed by atoms with Crippen molar-refractivity contribution in [2.75, 3.05) is 13.2 Å². The normalized spacial score (nSPS) is 13.5. The standard InChI is InChI=1S/C13H22O6/c1-4-7-8-10(14)13(17,12(16)19-6-3)9-11(15)18-5-2/h17H,4-9H2,1-3H3. The van der Waals surface area contributed by atoms with E-state index < -0.39 is 29.7 Å². The molecule has 0 aromatic heterocycles. The molecule has 0 bridgehead atoms. The van der Waals surface area contributed by atoms with Crippen molar-refractivity contribution in [1.82, 2.24) is 0 Å². The van der Waals surface area contributed by atoms with Gasteiger partial charge in [0.05, 0.1) is 19.6 Å². The molecule has 0 aliphatic heterocycles. The number of rotatable bonds is 9. The highest BCUT2D eigenvalue weighted by Crippen LogP contribution is 2.19. The van der Waals surface area contributed by atoms with E-state index in [1.54, 1.807) is 13.8 Å². The van der Waals surface area contributed by atoms with Gasteiger partial charge in [0.25, 0.3) is 0 Å². The van der Waals surface area contributed by atoms with Gasteiger partial charge >= 0.3 is 11.9 Å². The molecule has 1 N–H and O–H groups in total. The lowest BCUT2D eigenvalue weighted by molar-refractivity contribution is -0.176. The highest BCUT2D eigenvalue weighted by atomic mass is 16.6. The van der Waals surface area contributed by atoms with Crippen molar-refractivity contribution in [2.45, 2.75) is 52.1 Å². The predicted octanol–water partition coefficient (Wildman–Crippen LogP) is 0.993. The second-order valence-electron chi connectivity index (χ2n) is 4.09. The summed E-state index contributed by atoms with van der Waals surface area (Å²) in [5.74, 6) is -2.60. The lowest BCUT2D eigenvalue weighted by atomic mass is 9.91. The van der Waals surface area contributed by atoms with Gasteiger partial charge in [0.2, 0.25) is 5.60 Å². The second kappa shape index (κ2) is 8.63. The van der Waals surface area contributed by atoms with Gasteiger partial charge in [-0.05, 0) is 20.3 Å². The Bertz CT molecular complexity index is 325. The first-order valence-corrected chi connectivity index (χ1v) is 6.50. The van der Waals surface area contributed by atoms with Crippen molar-refractivity contribution >= 4 is 17.7 Å². The number of carbonyl (C=O) groups excluding carboxylic acids is 3. The molecule has 0 saturated heterocycles. The fourth-order valence-corrected chi connectivity index (χ4v) is 1.50. The van der Waals surface area contributed by atoms with E-state index in [9.17, 15) is 19.5 Å². The maximum Gasteiger partial charge on any atom is 0.346 e. The van der Waals surface area contributed by atoms with E-state index in [-0.39, 0.29) is 19.6 Å². The third kappa shape index (κ3) is 5.38. The van der Waals surface area contributed by atoms with Crippen LogP contribution in [0.1, 0.15) is 46.5 Å². The summed E-state index contributed by atoms with van der Waals surface area (Å²) >= 11 is 0. The van der Waals surface area contributed by atoms with Crippen molar-refractivity contribution in [3.8, 4) is 0 Å². The number of ether oxygens (including phenoxy) is 2. The van der Waals surface area contributed by atoms with Crippen molar-refractivity contribution in [1.29, 1.82) is 0 Å². The minimum absolute atomic E-state index is 0.0189. The zero-order valence-electron chi connectivity index (χ0n) is 11.7. The van der Waals surface area contributed by atoms with E-state index >= 15 is 0 Å². The van der Waals surface area contributed by atoms with Gasteiger partial charge < -0.3 is 14.6 Å². The van der Waals surface area contributed by atoms with E-state index in [0.717, 1.165) is 6.42 Å². The summed E-state index contributed by atoms with van der Waals surface area (Å²) in [6.45, 7) is 5.16. The lowest BCUT2D eigenvalue weighted by Gasteiger charge is -2.23. The van der Waals surface area contributed by atoms with Crippen LogP contribution in [0, 0.1) is 0 Å². The SMILES string of the molecule is CCCCC(=O)C(O)(CC(=O)OCC)C(=O)OCC. The second-order valence-corrected chi connectivity index (χ2v) is 4.09. The first kappa shape index (κ1) is 17.6. The molecular formula is C13H22O6. The number of unbranched alkanes of at least 4 members (excludes halogenated alkanes) is 1. The smallest absolute Gasteiger partial charge is 0.346 e. The van der Waals surface area contributed by atoms with Crippen molar-refractivity contribution in [3.63, 3.8) is 0 Å². The average Bonchev–Trinajstić information content (AvgIpc) is 2.36. The van der Waals surface area contributed by atoms with Gasteiger partial charge in [-0.25, -0.2) is 4.79 Å². The van der Waals surface area contributed by atoms with Crippen LogP contribution in [0.4, 0.5) is 0 Å². The molecule has 0 spiro atoms. The van der Waals surface area contributed by atoms with Crippen LogP contribution < -0.4 is 0 Å². The highest BCUT2D eigenvalue weighted by Gasteiger charge is 2.46. The van der Waals surface area contributed by atoms with Gasteiger partial charge in [0.15, 0.2) is 5.78 Å². The maximum atomic E-state index is 11.9. The number of hydrogen-bond acceptors (Lipinski definition) is 6.